The number of nitrogens with one attached hydrogen (secondary N) is 1. The summed E-state index contributed by atoms with van der Waals surface area (Å²) in [5.41, 5.74) is 0.352. The predicted molar refractivity (Wildman–Crippen MR) is 62.2 cm³/mol. The maximum Gasteiger partial charge on any atom is 0.416 e. The Hall–Kier alpha value is -1.19. The van der Waals surface area contributed by atoms with Gasteiger partial charge in [-0.1, -0.05) is 13.0 Å². The fourth-order valence-corrected chi connectivity index (χ4v) is 2.74. The van der Waals surface area contributed by atoms with E-state index in [0.29, 0.717) is 17.7 Å². The van der Waals surface area contributed by atoms with Crippen LogP contribution < -0.4 is 5.32 Å². The van der Waals surface area contributed by atoms with Gasteiger partial charge in [0.05, 0.1) is 5.56 Å². The van der Waals surface area contributed by atoms with E-state index in [2.05, 4.69) is 5.32 Å². The second-order valence-corrected chi connectivity index (χ2v) is 5.38. The third-order valence-corrected chi connectivity index (χ3v) is 3.19. The lowest BCUT2D eigenvalue weighted by Crippen LogP contribution is -2.37. The van der Waals surface area contributed by atoms with Crippen molar-refractivity contribution in [3.8, 4) is 0 Å². The molecule has 1 unspecified atom stereocenters. The Bertz CT molecular complexity index is 435. The summed E-state index contributed by atoms with van der Waals surface area (Å²) in [7, 11) is 0. The van der Waals surface area contributed by atoms with Crippen LogP contribution in [-0.2, 0) is 6.18 Å². The van der Waals surface area contributed by atoms with E-state index < -0.39 is 11.7 Å². The maximum absolute atomic E-state index is 12.9. The van der Waals surface area contributed by atoms with Crippen LogP contribution in [0.3, 0.4) is 0 Å². The van der Waals surface area contributed by atoms with E-state index in [1.807, 2.05) is 20.8 Å². The molecule has 1 aliphatic heterocycles. The second-order valence-electron chi connectivity index (χ2n) is 5.38. The van der Waals surface area contributed by atoms with E-state index in [4.69, 9.17) is 0 Å². The highest BCUT2D eigenvalue weighted by Crippen LogP contribution is 2.45. The zero-order valence-electron chi connectivity index (χ0n) is 10.2. The van der Waals surface area contributed by atoms with Crippen molar-refractivity contribution in [2.24, 2.45) is 0 Å². The van der Waals surface area contributed by atoms with Crippen LogP contribution in [0.5, 0.6) is 0 Å². The van der Waals surface area contributed by atoms with E-state index in [9.17, 15) is 13.2 Å². The van der Waals surface area contributed by atoms with Gasteiger partial charge in [0.1, 0.15) is 0 Å². The monoisotopic (exact) mass is 243 g/mol. The van der Waals surface area contributed by atoms with Gasteiger partial charge < -0.3 is 5.32 Å². The molecule has 1 aromatic rings. The lowest BCUT2D eigenvalue weighted by Gasteiger charge is -2.38. The average Bonchev–Trinajstić information content (AvgIpc) is 2.13. The van der Waals surface area contributed by atoms with Crippen molar-refractivity contribution < 1.29 is 13.2 Å². The number of hydrogen-bond donors (Lipinski definition) is 1. The summed E-state index contributed by atoms with van der Waals surface area (Å²) >= 11 is 0. The summed E-state index contributed by atoms with van der Waals surface area (Å²) < 4.78 is 38.7. The summed E-state index contributed by atoms with van der Waals surface area (Å²) in [6.07, 6.45) is -3.57. The molecule has 1 nitrogen and oxygen atoms in total. The minimum Gasteiger partial charge on any atom is -0.380 e. The maximum atomic E-state index is 12.9. The number of rotatable bonds is 0. The molecule has 0 spiro atoms. The van der Waals surface area contributed by atoms with Gasteiger partial charge in [0.2, 0.25) is 0 Å². The van der Waals surface area contributed by atoms with E-state index >= 15 is 0 Å². The number of benzene rings is 1. The van der Waals surface area contributed by atoms with Crippen molar-refractivity contribution >= 4 is 5.69 Å². The first-order chi connectivity index (χ1) is 7.71. The Kier molecular flexibility index (Phi) is 2.64. The first-order valence-electron chi connectivity index (χ1n) is 5.69. The third kappa shape index (κ3) is 2.26. The largest absolute Gasteiger partial charge is 0.416 e. The molecule has 0 radical (unpaired) electrons. The minimum absolute atomic E-state index is 0.0842. The van der Waals surface area contributed by atoms with Crippen LogP contribution in [0.15, 0.2) is 18.2 Å². The Labute approximate surface area is 99.0 Å². The summed E-state index contributed by atoms with van der Waals surface area (Å²) in [6.45, 7) is 5.87. The van der Waals surface area contributed by atoms with Crippen LogP contribution in [0.2, 0.25) is 0 Å². The van der Waals surface area contributed by atoms with Crippen molar-refractivity contribution in [2.45, 2.75) is 44.8 Å². The lowest BCUT2D eigenvalue weighted by molar-refractivity contribution is -0.138. The predicted octanol–water partition coefficient (Wildman–Crippen LogP) is 4.40. The molecule has 0 saturated heterocycles. The van der Waals surface area contributed by atoms with Gasteiger partial charge in [-0.05, 0) is 43.9 Å². The standard InChI is InChI=1S/C13H16F3N/c1-8-7-12(2,3)17-10-6-4-5-9(11(8)10)13(14,15)16/h4-6,8,17H,7H2,1-3H3. The molecule has 2 rings (SSSR count). The summed E-state index contributed by atoms with van der Waals surface area (Å²) in [5, 5.41) is 3.18. The Morgan fingerprint density at radius 3 is 2.53 bits per heavy atom. The molecule has 94 valence electrons. The molecule has 1 aliphatic rings. The Morgan fingerprint density at radius 2 is 1.94 bits per heavy atom. The van der Waals surface area contributed by atoms with Gasteiger partial charge in [-0.2, -0.15) is 13.2 Å². The summed E-state index contributed by atoms with van der Waals surface area (Å²) in [6, 6.07) is 4.35. The zero-order chi connectivity index (χ0) is 12.8. The highest BCUT2D eigenvalue weighted by Gasteiger charge is 2.39. The Balaban J connectivity index is 2.56. The molecule has 17 heavy (non-hydrogen) atoms. The quantitative estimate of drug-likeness (QED) is 0.712. The molecule has 0 aromatic heterocycles. The van der Waals surface area contributed by atoms with Gasteiger partial charge in [0, 0.05) is 11.2 Å². The van der Waals surface area contributed by atoms with Crippen molar-refractivity contribution in [1.29, 1.82) is 0 Å². The first kappa shape index (κ1) is 12.3. The molecule has 1 aromatic carbocycles. The van der Waals surface area contributed by atoms with Gasteiger partial charge in [0.25, 0.3) is 0 Å². The second kappa shape index (κ2) is 3.65. The van der Waals surface area contributed by atoms with Crippen molar-refractivity contribution in [3.63, 3.8) is 0 Å². The number of fused-ring (bicyclic) bond motifs is 1. The van der Waals surface area contributed by atoms with E-state index in [-0.39, 0.29) is 11.5 Å². The molecule has 1 atom stereocenters. The van der Waals surface area contributed by atoms with E-state index in [0.717, 1.165) is 6.07 Å². The molecule has 4 heteroatoms. The van der Waals surface area contributed by atoms with Crippen molar-refractivity contribution in [1.82, 2.24) is 0 Å². The van der Waals surface area contributed by atoms with Gasteiger partial charge in [-0.15, -0.1) is 0 Å². The average molecular weight is 243 g/mol. The normalized spacial score (nSPS) is 22.8. The van der Waals surface area contributed by atoms with Crippen molar-refractivity contribution in [2.75, 3.05) is 5.32 Å². The SMILES string of the molecule is CC1CC(C)(C)Nc2cccc(C(F)(F)F)c21. The summed E-state index contributed by atoms with van der Waals surface area (Å²) in [4.78, 5) is 0. The number of hydrogen-bond acceptors (Lipinski definition) is 1. The molecule has 0 saturated carbocycles. The molecular formula is C13H16F3N. The van der Waals surface area contributed by atoms with Crippen molar-refractivity contribution in [3.05, 3.63) is 29.3 Å². The fraction of sp³-hybridized carbons (Fsp3) is 0.538. The zero-order valence-corrected chi connectivity index (χ0v) is 10.2. The minimum atomic E-state index is -4.28. The van der Waals surface area contributed by atoms with Gasteiger partial charge in [-0.3, -0.25) is 0 Å². The van der Waals surface area contributed by atoms with Gasteiger partial charge in [-0.25, -0.2) is 0 Å². The fourth-order valence-electron chi connectivity index (χ4n) is 2.74. The van der Waals surface area contributed by atoms with Crippen LogP contribution in [0.1, 0.15) is 44.2 Å². The molecule has 0 aliphatic carbocycles. The molecule has 0 amide bonds. The third-order valence-electron chi connectivity index (χ3n) is 3.19. The van der Waals surface area contributed by atoms with Crippen LogP contribution in [0.4, 0.5) is 18.9 Å². The molecule has 0 bridgehead atoms. The molecule has 1 N–H and O–H groups in total. The summed E-state index contributed by atoms with van der Waals surface area (Å²) in [5.74, 6) is -0.0842. The van der Waals surface area contributed by atoms with Gasteiger partial charge in [0.15, 0.2) is 0 Å². The topological polar surface area (TPSA) is 12.0 Å². The lowest BCUT2D eigenvalue weighted by atomic mass is 9.80. The van der Waals surface area contributed by atoms with E-state index in [1.54, 1.807) is 6.07 Å². The number of alkyl halides is 3. The highest BCUT2D eigenvalue weighted by molar-refractivity contribution is 5.60. The van der Waals surface area contributed by atoms with Crippen LogP contribution in [0.25, 0.3) is 0 Å². The van der Waals surface area contributed by atoms with Crippen LogP contribution in [-0.4, -0.2) is 5.54 Å². The highest BCUT2D eigenvalue weighted by atomic mass is 19.4. The first-order valence-corrected chi connectivity index (χ1v) is 5.69. The van der Waals surface area contributed by atoms with Gasteiger partial charge >= 0.3 is 6.18 Å². The molecule has 0 fully saturated rings. The number of anilines is 1. The smallest absolute Gasteiger partial charge is 0.380 e. The Morgan fingerprint density at radius 1 is 1.29 bits per heavy atom. The number of halogens is 3. The van der Waals surface area contributed by atoms with Crippen LogP contribution >= 0.6 is 0 Å². The molecular weight excluding hydrogens is 227 g/mol. The van der Waals surface area contributed by atoms with E-state index in [1.165, 1.54) is 6.07 Å². The molecule has 1 heterocycles. The van der Waals surface area contributed by atoms with Crippen LogP contribution in [0, 0.1) is 0 Å².